The second-order valence-corrected chi connectivity index (χ2v) is 2.55. The Balaban J connectivity index is 3.34. The summed E-state index contributed by atoms with van der Waals surface area (Å²) in [6, 6.07) is 0. The topological polar surface area (TPSA) is 44.8 Å². The normalized spacial score (nSPS) is 12.5. The van der Waals surface area contributed by atoms with Crippen molar-refractivity contribution in [3.05, 3.63) is 0 Å². The van der Waals surface area contributed by atoms with E-state index in [1.165, 1.54) is 0 Å². The number of carbonyl (C=O) groups excluding carboxylic acids is 1. The quantitative estimate of drug-likeness (QED) is 0.445. The molecule has 84 valence electrons. The molecule has 5 heteroatoms. The lowest BCUT2D eigenvalue weighted by molar-refractivity contribution is -0.170. The monoisotopic (exact) mass is 208 g/mol. The molecule has 0 spiro atoms. The zero-order chi connectivity index (χ0) is 10.8. The van der Waals surface area contributed by atoms with Gasteiger partial charge in [-0.3, -0.25) is 0 Å². The molecule has 4 nitrogen and oxygen atoms in total. The van der Waals surface area contributed by atoms with E-state index in [0.717, 1.165) is 6.42 Å². The van der Waals surface area contributed by atoms with Gasteiger partial charge in [0.25, 0.3) is 6.36 Å². The molecule has 0 fully saturated rings. The lowest BCUT2D eigenvalue weighted by Crippen LogP contribution is -2.23. The Morgan fingerprint density at radius 2 is 2.00 bits per heavy atom. The van der Waals surface area contributed by atoms with Crippen LogP contribution in [-0.4, -0.2) is 38.8 Å². The molecule has 1 atom stereocenters. The Morgan fingerprint density at radius 3 is 2.57 bits per heavy atom. The first kappa shape index (κ1) is 13.3. The number of hydrogen-bond donors (Lipinski definition) is 0. The maximum absolute atomic E-state index is 12.7. The predicted octanol–water partition coefficient (Wildman–Crippen LogP) is 1.29. The number of carbonyl (C=O) groups is 1. The van der Waals surface area contributed by atoms with Crippen molar-refractivity contribution >= 4 is 5.97 Å². The van der Waals surface area contributed by atoms with Crippen molar-refractivity contribution in [1.82, 2.24) is 0 Å². The number of rotatable bonds is 8. The van der Waals surface area contributed by atoms with Crippen molar-refractivity contribution in [2.24, 2.45) is 0 Å². The van der Waals surface area contributed by atoms with Crippen LogP contribution in [0.4, 0.5) is 4.39 Å². The van der Waals surface area contributed by atoms with Gasteiger partial charge in [-0.1, -0.05) is 6.92 Å². The van der Waals surface area contributed by atoms with E-state index in [9.17, 15) is 9.18 Å². The third-order valence-corrected chi connectivity index (χ3v) is 1.31. The highest BCUT2D eigenvalue weighted by molar-refractivity contribution is 5.72. The van der Waals surface area contributed by atoms with Crippen molar-refractivity contribution in [3.63, 3.8) is 0 Å². The van der Waals surface area contributed by atoms with E-state index in [-0.39, 0.29) is 19.8 Å². The third-order valence-electron chi connectivity index (χ3n) is 1.31. The molecule has 0 aromatic carbocycles. The Bertz CT molecular complexity index is 152. The first-order chi connectivity index (χ1) is 6.72. The number of halogens is 1. The van der Waals surface area contributed by atoms with Gasteiger partial charge >= 0.3 is 5.97 Å². The van der Waals surface area contributed by atoms with Crippen LogP contribution in [0.15, 0.2) is 0 Å². The SMILES string of the molecule is CCCOCCOC(F)C(=O)OCC. The highest BCUT2D eigenvalue weighted by Crippen LogP contribution is 1.97. The average molecular weight is 208 g/mol. The summed E-state index contributed by atoms with van der Waals surface area (Å²) >= 11 is 0. The molecule has 1 unspecified atom stereocenters. The molecule has 0 radical (unpaired) electrons. The fourth-order valence-electron chi connectivity index (χ4n) is 0.733. The van der Waals surface area contributed by atoms with Crippen molar-refractivity contribution in [1.29, 1.82) is 0 Å². The van der Waals surface area contributed by atoms with Crippen LogP contribution in [0.2, 0.25) is 0 Å². The number of esters is 1. The second-order valence-electron chi connectivity index (χ2n) is 2.55. The minimum Gasteiger partial charge on any atom is -0.462 e. The summed E-state index contributed by atoms with van der Waals surface area (Å²) in [5, 5.41) is 0. The van der Waals surface area contributed by atoms with Gasteiger partial charge in [-0.05, 0) is 13.3 Å². The number of ether oxygens (including phenoxy) is 3. The molecular weight excluding hydrogens is 191 g/mol. The van der Waals surface area contributed by atoms with Crippen LogP contribution in [-0.2, 0) is 19.0 Å². The van der Waals surface area contributed by atoms with Crippen molar-refractivity contribution < 1.29 is 23.4 Å². The van der Waals surface area contributed by atoms with Crippen LogP contribution >= 0.6 is 0 Å². The summed E-state index contributed by atoms with van der Waals surface area (Å²) in [6.45, 7) is 4.68. The van der Waals surface area contributed by atoms with Gasteiger partial charge in [-0.25, -0.2) is 9.18 Å². The second kappa shape index (κ2) is 8.90. The zero-order valence-corrected chi connectivity index (χ0v) is 8.62. The Morgan fingerprint density at radius 1 is 1.29 bits per heavy atom. The summed E-state index contributed by atoms with van der Waals surface area (Å²) < 4.78 is 26.7. The summed E-state index contributed by atoms with van der Waals surface area (Å²) in [7, 11) is 0. The van der Waals surface area contributed by atoms with E-state index >= 15 is 0 Å². The highest BCUT2D eigenvalue weighted by Gasteiger charge is 2.18. The predicted molar refractivity (Wildman–Crippen MR) is 48.6 cm³/mol. The van der Waals surface area contributed by atoms with Gasteiger partial charge < -0.3 is 14.2 Å². The lowest BCUT2D eigenvalue weighted by Gasteiger charge is -2.08. The van der Waals surface area contributed by atoms with Gasteiger partial charge in [-0.15, -0.1) is 0 Å². The summed E-state index contributed by atoms with van der Waals surface area (Å²) in [6.07, 6.45) is -1.10. The van der Waals surface area contributed by atoms with E-state index in [4.69, 9.17) is 4.74 Å². The van der Waals surface area contributed by atoms with Crippen LogP contribution in [0, 0.1) is 0 Å². The fraction of sp³-hybridized carbons (Fsp3) is 0.889. The molecule has 0 bridgehead atoms. The largest absolute Gasteiger partial charge is 0.462 e. The molecule has 0 heterocycles. The number of hydrogen-bond acceptors (Lipinski definition) is 4. The minimum atomic E-state index is -2.00. The number of alkyl halides is 1. The first-order valence-electron chi connectivity index (χ1n) is 4.72. The average Bonchev–Trinajstić information content (AvgIpc) is 2.17. The zero-order valence-electron chi connectivity index (χ0n) is 8.62. The fourth-order valence-corrected chi connectivity index (χ4v) is 0.733. The summed E-state index contributed by atoms with van der Waals surface area (Å²) in [5.74, 6) is -0.983. The molecule has 0 N–H and O–H groups in total. The van der Waals surface area contributed by atoms with Crippen LogP contribution in [0.25, 0.3) is 0 Å². The van der Waals surface area contributed by atoms with Crippen molar-refractivity contribution in [3.8, 4) is 0 Å². The molecule has 0 aromatic heterocycles. The molecular formula is C9H17FO4. The van der Waals surface area contributed by atoms with Gasteiger partial charge in [0, 0.05) is 6.61 Å². The van der Waals surface area contributed by atoms with Gasteiger partial charge in [0.15, 0.2) is 0 Å². The first-order valence-corrected chi connectivity index (χ1v) is 4.72. The Kier molecular flexibility index (Phi) is 8.47. The molecule has 0 saturated heterocycles. The Hall–Kier alpha value is -0.680. The van der Waals surface area contributed by atoms with Crippen molar-refractivity contribution in [2.75, 3.05) is 26.4 Å². The standard InChI is InChI=1S/C9H17FO4/c1-3-5-12-6-7-14-8(10)9(11)13-4-2/h8H,3-7H2,1-2H3. The van der Waals surface area contributed by atoms with E-state index in [2.05, 4.69) is 9.47 Å². The van der Waals surface area contributed by atoms with Gasteiger partial charge in [-0.2, -0.15) is 0 Å². The molecule has 0 aromatic rings. The molecule has 0 saturated carbocycles. The van der Waals surface area contributed by atoms with Crippen LogP contribution < -0.4 is 0 Å². The highest BCUT2D eigenvalue weighted by atomic mass is 19.1. The molecule has 14 heavy (non-hydrogen) atoms. The van der Waals surface area contributed by atoms with Gasteiger partial charge in [0.05, 0.1) is 19.8 Å². The maximum atomic E-state index is 12.7. The summed E-state index contributed by atoms with van der Waals surface area (Å²) in [5.41, 5.74) is 0. The van der Waals surface area contributed by atoms with E-state index in [1.807, 2.05) is 6.92 Å². The van der Waals surface area contributed by atoms with Crippen molar-refractivity contribution in [2.45, 2.75) is 26.6 Å². The van der Waals surface area contributed by atoms with Crippen LogP contribution in [0.1, 0.15) is 20.3 Å². The van der Waals surface area contributed by atoms with E-state index in [1.54, 1.807) is 6.92 Å². The van der Waals surface area contributed by atoms with Crippen LogP contribution in [0.5, 0.6) is 0 Å². The third kappa shape index (κ3) is 6.80. The Labute approximate surface area is 83.3 Å². The molecule has 0 aliphatic heterocycles. The van der Waals surface area contributed by atoms with Gasteiger partial charge in [0.1, 0.15) is 0 Å². The molecule has 0 aliphatic carbocycles. The van der Waals surface area contributed by atoms with Crippen LogP contribution in [0.3, 0.4) is 0 Å². The molecule has 0 amide bonds. The summed E-state index contributed by atoms with van der Waals surface area (Å²) in [4.78, 5) is 10.7. The van der Waals surface area contributed by atoms with Gasteiger partial charge in [0.2, 0.25) is 0 Å². The van der Waals surface area contributed by atoms with E-state index < -0.39 is 12.3 Å². The maximum Gasteiger partial charge on any atom is 0.368 e. The smallest absolute Gasteiger partial charge is 0.368 e. The molecule has 0 rings (SSSR count). The molecule has 0 aliphatic rings. The lowest BCUT2D eigenvalue weighted by atomic mass is 10.5. The minimum absolute atomic E-state index is 0.0555. The van der Waals surface area contributed by atoms with E-state index in [0.29, 0.717) is 6.61 Å².